The third kappa shape index (κ3) is 2.57. The summed E-state index contributed by atoms with van der Waals surface area (Å²) in [5.74, 6) is -0.319. The largest absolute Gasteiger partial charge is 0.468 e. The van der Waals surface area contributed by atoms with Crippen molar-refractivity contribution in [2.45, 2.75) is 51.5 Å². The fourth-order valence-corrected chi connectivity index (χ4v) is 2.15. The van der Waals surface area contributed by atoms with E-state index in [9.17, 15) is 20.1 Å². The quantitative estimate of drug-likeness (QED) is 0.650. The van der Waals surface area contributed by atoms with Gasteiger partial charge in [0.2, 0.25) is 6.29 Å². The molecule has 0 saturated carbocycles. The highest BCUT2D eigenvalue weighted by Gasteiger charge is 2.44. The Hall–Kier alpha value is -1.41. The number of ether oxygens (including phenoxy) is 2. The number of aliphatic hydroxyl groups is 3. The van der Waals surface area contributed by atoms with Crippen molar-refractivity contribution in [3.8, 4) is 0 Å². The molecule has 7 heteroatoms. The summed E-state index contributed by atoms with van der Waals surface area (Å²) in [6.45, 7) is 4.81. The van der Waals surface area contributed by atoms with Gasteiger partial charge < -0.3 is 29.2 Å². The number of hydrogen-bond acceptors (Lipinski definition) is 7. The van der Waals surface area contributed by atoms with Gasteiger partial charge in [-0.3, -0.25) is 0 Å². The van der Waals surface area contributed by atoms with E-state index < -0.39 is 36.7 Å². The Morgan fingerprint density at radius 1 is 1.20 bits per heavy atom. The molecule has 1 fully saturated rings. The lowest BCUT2D eigenvalue weighted by Gasteiger charge is -2.38. The number of carbonyl (C=O) groups excluding carboxylic acids is 1. The van der Waals surface area contributed by atoms with Crippen LogP contribution in [-0.4, -0.2) is 52.0 Å². The fourth-order valence-electron chi connectivity index (χ4n) is 2.15. The van der Waals surface area contributed by atoms with E-state index in [1.54, 1.807) is 13.8 Å². The van der Waals surface area contributed by atoms with Gasteiger partial charge in [0.1, 0.15) is 29.6 Å². The van der Waals surface area contributed by atoms with E-state index in [4.69, 9.17) is 13.9 Å². The molecule has 1 saturated heterocycles. The SMILES string of the molecule is Cc1coc(C)c1C(=O)O[C@H]1O[C@@H](C)[C@H](O)[C@@H](O)[C@H]1O. The van der Waals surface area contributed by atoms with Gasteiger partial charge >= 0.3 is 5.97 Å². The normalized spacial score (nSPS) is 34.0. The van der Waals surface area contributed by atoms with Crippen LogP contribution in [0.3, 0.4) is 0 Å². The molecule has 1 aromatic rings. The van der Waals surface area contributed by atoms with Gasteiger partial charge in [0.15, 0.2) is 0 Å². The van der Waals surface area contributed by atoms with Gasteiger partial charge in [-0.2, -0.15) is 0 Å². The van der Waals surface area contributed by atoms with Crippen molar-refractivity contribution in [1.29, 1.82) is 0 Å². The Morgan fingerprint density at radius 3 is 2.40 bits per heavy atom. The highest BCUT2D eigenvalue weighted by Crippen LogP contribution is 2.24. The average molecular weight is 286 g/mol. The predicted molar refractivity (Wildman–Crippen MR) is 66.0 cm³/mol. The zero-order valence-electron chi connectivity index (χ0n) is 11.4. The van der Waals surface area contributed by atoms with Gasteiger partial charge in [0, 0.05) is 5.56 Å². The number of hydrogen-bond donors (Lipinski definition) is 3. The van der Waals surface area contributed by atoms with Crippen molar-refractivity contribution in [1.82, 2.24) is 0 Å². The van der Waals surface area contributed by atoms with Gasteiger partial charge in [0.25, 0.3) is 0 Å². The summed E-state index contributed by atoms with van der Waals surface area (Å²) >= 11 is 0. The summed E-state index contributed by atoms with van der Waals surface area (Å²) < 4.78 is 15.4. The molecule has 7 nitrogen and oxygen atoms in total. The molecule has 1 aliphatic rings. The summed E-state index contributed by atoms with van der Waals surface area (Å²) in [7, 11) is 0. The lowest BCUT2D eigenvalue weighted by atomic mass is 10.00. The maximum absolute atomic E-state index is 12.0. The second-order valence-electron chi connectivity index (χ2n) is 4.94. The third-order valence-electron chi connectivity index (χ3n) is 3.39. The van der Waals surface area contributed by atoms with Crippen LogP contribution in [0.25, 0.3) is 0 Å². The second-order valence-corrected chi connectivity index (χ2v) is 4.94. The highest BCUT2D eigenvalue weighted by atomic mass is 16.7. The minimum absolute atomic E-state index is 0.258. The van der Waals surface area contributed by atoms with Crippen LogP contribution in [0.4, 0.5) is 0 Å². The molecular formula is C13H18O7. The molecular weight excluding hydrogens is 268 g/mol. The Kier molecular flexibility index (Phi) is 4.14. The molecule has 0 aromatic carbocycles. The highest BCUT2D eigenvalue weighted by molar-refractivity contribution is 5.92. The minimum Gasteiger partial charge on any atom is -0.468 e. The van der Waals surface area contributed by atoms with Gasteiger partial charge in [-0.1, -0.05) is 0 Å². The van der Waals surface area contributed by atoms with Crippen molar-refractivity contribution in [3.05, 3.63) is 23.2 Å². The number of rotatable bonds is 2. The van der Waals surface area contributed by atoms with Gasteiger partial charge in [-0.05, 0) is 20.8 Å². The molecule has 5 atom stereocenters. The van der Waals surface area contributed by atoms with Crippen LogP contribution in [0.1, 0.15) is 28.6 Å². The fraction of sp³-hybridized carbons (Fsp3) is 0.615. The minimum atomic E-state index is -1.52. The van der Waals surface area contributed by atoms with E-state index in [2.05, 4.69) is 0 Å². The average Bonchev–Trinajstić information content (AvgIpc) is 2.73. The molecule has 0 radical (unpaired) electrons. The first kappa shape index (κ1) is 15.0. The van der Waals surface area contributed by atoms with Crippen LogP contribution in [0.5, 0.6) is 0 Å². The molecule has 1 aliphatic heterocycles. The van der Waals surface area contributed by atoms with Crippen molar-refractivity contribution >= 4 is 5.97 Å². The van der Waals surface area contributed by atoms with Crippen molar-refractivity contribution in [3.63, 3.8) is 0 Å². The predicted octanol–water partition coefficient (Wildman–Crippen LogP) is -0.119. The Labute approximate surface area is 115 Å². The lowest BCUT2D eigenvalue weighted by molar-refractivity contribution is -0.276. The summed E-state index contributed by atoms with van der Waals surface area (Å²) in [5.41, 5.74) is 0.862. The van der Waals surface area contributed by atoms with Gasteiger partial charge in [-0.15, -0.1) is 0 Å². The van der Waals surface area contributed by atoms with Crippen LogP contribution < -0.4 is 0 Å². The maximum Gasteiger partial charge on any atom is 0.344 e. The first-order valence-electron chi connectivity index (χ1n) is 6.28. The standard InChI is InChI=1S/C13H18O7/c1-5-4-18-6(2)8(5)12(17)20-13-11(16)10(15)9(14)7(3)19-13/h4,7,9-11,13-16H,1-3H3/t7-,9-,10+,11+,13+/m0/s1. The third-order valence-corrected chi connectivity index (χ3v) is 3.39. The van der Waals surface area contributed by atoms with Crippen molar-refractivity contribution < 1.29 is 34.0 Å². The molecule has 0 spiro atoms. The van der Waals surface area contributed by atoms with E-state index in [0.29, 0.717) is 11.3 Å². The maximum atomic E-state index is 12.0. The first-order valence-corrected chi connectivity index (χ1v) is 6.28. The summed E-state index contributed by atoms with van der Waals surface area (Å²) in [5, 5.41) is 29.0. The Bertz CT molecular complexity index is 475. The first-order chi connectivity index (χ1) is 9.32. The summed E-state index contributed by atoms with van der Waals surface area (Å²) in [4.78, 5) is 12.0. The molecule has 0 amide bonds. The number of furan rings is 1. The van der Waals surface area contributed by atoms with Crippen LogP contribution in [0, 0.1) is 13.8 Å². The summed E-state index contributed by atoms with van der Waals surface area (Å²) in [6.07, 6.45) is -4.88. The van der Waals surface area contributed by atoms with Crippen LogP contribution in [-0.2, 0) is 9.47 Å². The molecule has 112 valence electrons. The van der Waals surface area contributed by atoms with Crippen molar-refractivity contribution in [2.24, 2.45) is 0 Å². The molecule has 0 unspecified atom stereocenters. The van der Waals surface area contributed by atoms with Crippen LogP contribution in [0.15, 0.2) is 10.7 Å². The van der Waals surface area contributed by atoms with E-state index >= 15 is 0 Å². The van der Waals surface area contributed by atoms with E-state index in [0.717, 1.165) is 0 Å². The van der Waals surface area contributed by atoms with E-state index in [1.165, 1.54) is 13.2 Å². The lowest BCUT2D eigenvalue weighted by Crippen LogP contribution is -2.57. The topological polar surface area (TPSA) is 109 Å². The molecule has 0 bridgehead atoms. The molecule has 1 aromatic heterocycles. The Morgan fingerprint density at radius 2 is 1.85 bits per heavy atom. The van der Waals surface area contributed by atoms with Crippen LogP contribution in [0.2, 0.25) is 0 Å². The monoisotopic (exact) mass is 286 g/mol. The number of aliphatic hydroxyl groups excluding tert-OH is 3. The number of esters is 1. The van der Waals surface area contributed by atoms with Crippen molar-refractivity contribution in [2.75, 3.05) is 0 Å². The van der Waals surface area contributed by atoms with E-state index in [1.807, 2.05) is 0 Å². The zero-order chi connectivity index (χ0) is 15.0. The molecule has 0 aliphatic carbocycles. The Balaban J connectivity index is 2.12. The summed E-state index contributed by atoms with van der Waals surface area (Å²) in [6, 6.07) is 0. The molecule has 2 rings (SSSR count). The molecule has 3 N–H and O–H groups in total. The number of aryl methyl sites for hydroxylation is 2. The second kappa shape index (κ2) is 5.53. The smallest absolute Gasteiger partial charge is 0.344 e. The zero-order valence-corrected chi connectivity index (χ0v) is 11.4. The molecule has 2 heterocycles. The number of carbonyl (C=O) groups is 1. The van der Waals surface area contributed by atoms with Crippen LogP contribution >= 0.6 is 0 Å². The van der Waals surface area contributed by atoms with Gasteiger partial charge in [0.05, 0.1) is 12.4 Å². The molecule has 20 heavy (non-hydrogen) atoms. The van der Waals surface area contributed by atoms with Gasteiger partial charge in [-0.25, -0.2) is 4.79 Å². The van der Waals surface area contributed by atoms with E-state index in [-0.39, 0.29) is 5.56 Å².